The fourth-order valence-electron chi connectivity index (χ4n) is 2.10. The zero-order valence-electron chi connectivity index (χ0n) is 11.3. The molecule has 1 aromatic carbocycles. The molecule has 2 atom stereocenters. The van der Waals surface area contributed by atoms with Gasteiger partial charge in [0.2, 0.25) is 0 Å². The minimum atomic E-state index is -0.480. The van der Waals surface area contributed by atoms with E-state index in [0.717, 1.165) is 5.56 Å². The van der Waals surface area contributed by atoms with Crippen molar-refractivity contribution in [2.24, 2.45) is 0 Å². The Balaban J connectivity index is 1.72. The van der Waals surface area contributed by atoms with Crippen molar-refractivity contribution >= 4 is 12.1 Å². The van der Waals surface area contributed by atoms with E-state index < -0.39 is 6.09 Å². The minimum absolute atomic E-state index is 0.123. The highest BCUT2D eigenvalue weighted by Gasteiger charge is 2.31. The maximum absolute atomic E-state index is 11.6. The molecule has 1 heterocycles. The SMILES string of the molecule is COC(=O)[C@@H]1CC(NC(=O)OCc2ccccc2)CN1. The molecule has 2 rings (SSSR count). The summed E-state index contributed by atoms with van der Waals surface area (Å²) in [5.41, 5.74) is 0.930. The molecule has 0 bridgehead atoms. The van der Waals surface area contributed by atoms with Crippen LogP contribution < -0.4 is 10.6 Å². The summed E-state index contributed by atoms with van der Waals surface area (Å²) in [5, 5.41) is 5.72. The van der Waals surface area contributed by atoms with Crippen LogP contribution >= 0.6 is 0 Å². The van der Waals surface area contributed by atoms with Gasteiger partial charge < -0.3 is 20.1 Å². The van der Waals surface area contributed by atoms with Gasteiger partial charge >= 0.3 is 12.1 Å². The number of methoxy groups -OCH3 is 1. The lowest BCUT2D eigenvalue weighted by atomic mass is 10.2. The number of benzene rings is 1. The van der Waals surface area contributed by atoms with Crippen molar-refractivity contribution in [1.29, 1.82) is 0 Å². The van der Waals surface area contributed by atoms with Crippen molar-refractivity contribution < 1.29 is 19.1 Å². The molecule has 1 aromatic rings. The number of hydrogen-bond donors (Lipinski definition) is 2. The molecular weight excluding hydrogens is 260 g/mol. The summed E-state index contributed by atoms with van der Waals surface area (Å²) < 4.78 is 9.77. The first kappa shape index (κ1) is 14.3. The van der Waals surface area contributed by atoms with Crippen molar-refractivity contribution in [2.45, 2.75) is 25.1 Å². The van der Waals surface area contributed by atoms with E-state index >= 15 is 0 Å². The zero-order chi connectivity index (χ0) is 14.4. The third kappa shape index (κ3) is 3.96. The average molecular weight is 278 g/mol. The molecule has 0 aliphatic carbocycles. The van der Waals surface area contributed by atoms with E-state index in [1.54, 1.807) is 0 Å². The monoisotopic (exact) mass is 278 g/mol. The summed E-state index contributed by atoms with van der Waals surface area (Å²) in [6.07, 6.45) is 0.0267. The van der Waals surface area contributed by atoms with Crippen LogP contribution in [0.2, 0.25) is 0 Å². The lowest BCUT2D eigenvalue weighted by molar-refractivity contribution is -0.142. The Morgan fingerprint density at radius 1 is 1.35 bits per heavy atom. The molecule has 0 spiro atoms. The van der Waals surface area contributed by atoms with Crippen LogP contribution in [0.3, 0.4) is 0 Å². The summed E-state index contributed by atoms with van der Waals surface area (Å²) in [6.45, 7) is 0.757. The van der Waals surface area contributed by atoms with E-state index in [-0.39, 0.29) is 24.7 Å². The second-order valence-corrected chi connectivity index (χ2v) is 4.62. The third-order valence-electron chi connectivity index (χ3n) is 3.15. The summed E-state index contributed by atoms with van der Waals surface area (Å²) in [5.74, 6) is -0.313. The van der Waals surface area contributed by atoms with Gasteiger partial charge in [-0.05, 0) is 12.0 Å². The summed E-state index contributed by atoms with van der Waals surface area (Å²) >= 11 is 0. The van der Waals surface area contributed by atoms with Crippen molar-refractivity contribution in [1.82, 2.24) is 10.6 Å². The predicted octanol–water partition coefficient (Wildman–Crippen LogP) is 0.816. The second-order valence-electron chi connectivity index (χ2n) is 4.62. The molecule has 6 heteroatoms. The number of amides is 1. The van der Waals surface area contributed by atoms with E-state index in [9.17, 15) is 9.59 Å². The number of esters is 1. The summed E-state index contributed by atoms with van der Waals surface area (Å²) in [6, 6.07) is 8.97. The Kier molecular flexibility index (Phi) is 4.95. The van der Waals surface area contributed by atoms with Crippen LogP contribution in [0.5, 0.6) is 0 Å². The van der Waals surface area contributed by atoms with Crippen LogP contribution in [-0.4, -0.2) is 37.8 Å². The predicted molar refractivity (Wildman–Crippen MR) is 72.0 cm³/mol. The minimum Gasteiger partial charge on any atom is -0.468 e. The van der Waals surface area contributed by atoms with Gasteiger partial charge in [-0.2, -0.15) is 0 Å². The fraction of sp³-hybridized carbons (Fsp3) is 0.429. The van der Waals surface area contributed by atoms with Gasteiger partial charge in [0.15, 0.2) is 0 Å². The smallest absolute Gasteiger partial charge is 0.407 e. The van der Waals surface area contributed by atoms with Crippen molar-refractivity contribution in [3.8, 4) is 0 Å². The second kappa shape index (κ2) is 6.91. The van der Waals surface area contributed by atoms with E-state index in [4.69, 9.17) is 4.74 Å². The number of alkyl carbamates (subject to hydrolysis) is 1. The number of rotatable bonds is 4. The molecule has 108 valence electrons. The van der Waals surface area contributed by atoms with Crippen LogP contribution in [0, 0.1) is 0 Å². The highest BCUT2D eigenvalue weighted by molar-refractivity contribution is 5.76. The topological polar surface area (TPSA) is 76.7 Å². The highest BCUT2D eigenvalue weighted by Crippen LogP contribution is 2.08. The number of carbonyl (C=O) groups excluding carboxylic acids is 2. The molecule has 1 saturated heterocycles. The van der Waals surface area contributed by atoms with Crippen molar-refractivity contribution in [3.63, 3.8) is 0 Å². The van der Waals surface area contributed by atoms with Gasteiger partial charge in [-0.25, -0.2) is 4.79 Å². The lowest BCUT2D eigenvalue weighted by Crippen LogP contribution is -2.36. The Morgan fingerprint density at radius 3 is 2.80 bits per heavy atom. The van der Waals surface area contributed by atoms with Crippen LogP contribution in [-0.2, 0) is 20.9 Å². The van der Waals surface area contributed by atoms with Gasteiger partial charge in [0, 0.05) is 12.6 Å². The first-order valence-corrected chi connectivity index (χ1v) is 6.47. The largest absolute Gasteiger partial charge is 0.468 e. The first-order valence-electron chi connectivity index (χ1n) is 6.47. The normalized spacial score (nSPS) is 21.2. The van der Waals surface area contributed by atoms with Crippen LogP contribution in [0.1, 0.15) is 12.0 Å². The average Bonchev–Trinajstić information content (AvgIpc) is 2.94. The van der Waals surface area contributed by atoms with Crippen LogP contribution in [0.15, 0.2) is 30.3 Å². The molecule has 1 aliphatic heterocycles. The molecule has 1 fully saturated rings. The van der Waals surface area contributed by atoms with Gasteiger partial charge in [-0.1, -0.05) is 30.3 Å². The molecule has 20 heavy (non-hydrogen) atoms. The number of carbonyl (C=O) groups is 2. The standard InChI is InChI=1S/C14H18N2O4/c1-19-13(17)12-7-11(8-15-12)16-14(18)20-9-10-5-3-2-4-6-10/h2-6,11-12,15H,7-9H2,1H3,(H,16,18)/t11?,12-/m0/s1. The quantitative estimate of drug-likeness (QED) is 0.797. The van der Waals surface area contributed by atoms with Crippen molar-refractivity contribution in [2.75, 3.05) is 13.7 Å². The van der Waals surface area contributed by atoms with Gasteiger partial charge in [0.25, 0.3) is 0 Å². The molecule has 6 nitrogen and oxygen atoms in total. The number of nitrogens with one attached hydrogen (secondary N) is 2. The third-order valence-corrected chi connectivity index (χ3v) is 3.15. The Labute approximate surface area is 117 Å². The molecule has 1 amide bonds. The molecule has 0 saturated carbocycles. The molecular formula is C14H18N2O4. The Bertz CT molecular complexity index is 464. The van der Waals surface area contributed by atoms with E-state index in [1.165, 1.54) is 7.11 Å². The summed E-state index contributed by atoms with van der Waals surface area (Å²) in [7, 11) is 1.35. The maximum Gasteiger partial charge on any atom is 0.407 e. The van der Waals surface area contributed by atoms with E-state index in [1.807, 2.05) is 30.3 Å². The van der Waals surface area contributed by atoms with Crippen LogP contribution in [0.25, 0.3) is 0 Å². The van der Waals surface area contributed by atoms with E-state index in [0.29, 0.717) is 13.0 Å². The zero-order valence-corrected chi connectivity index (χ0v) is 11.3. The fourth-order valence-corrected chi connectivity index (χ4v) is 2.10. The van der Waals surface area contributed by atoms with Gasteiger partial charge in [-0.3, -0.25) is 4.79 Å². The molecule has 2 N–H and O–H groups in total. The van der Waals surface area contributed by atoms with Gasteiger partial charge in [0.1, 0.15) is 12.6 Å². The van der Waals surface area contributed by atoms with Crippen LogP contribution in [0.4, 0.5) is 4.79 Å². The number of ether oxygens (including phenoxy) is 2. The van der Waals surface area contributed by atoms with Gasteiger partial charge in [-0.15, -0.1) is 0 Å². The molecule has 0 aromatic heterocycles. The summed E-state index contributed by atoms with van der Waals surface area (Å²) in [4.78, 5) is 23.0. The first-order chi connectivity index (χ1) is 9.69. The lowest BCUT2D eigenvalue weighted by Gasteiger charge is -2.12. The Morgan fingerprint density at radius 2 is 2.10 bits per heavy atom. The molecule has 1 unspecified atom stereocenters. The van der Waals surface area contributed by atoms with E-state index in [2.05, 4.69) is 15.4 Å². The van der Waals surface area contributed by atoms with Crippen molar-refractivity contribution in [3.05, 3.63) is 35.9 Å². The molecule has 1 aliphatic rings. The Hall–Kier alpha value is -2.08. The maximum atomic E-state index is 11.6. The highest BCUT2D eigenvalue weighted by atomic mass is 16.5. The number of hydrogen-bond acceptors (Lipinski definition) is 5. The molecule has 0 radical (unpaired) electrons. The van der Waals surface area contributed by atoms with Gasteiger partial charge in [0.05, 0.1) is 7.11 Å².